The second kappa shape index (κ2) is 5.06. The number of hydrogen-bond acceptors (Lipinski definition) is 3. The van der Waals surface area contributed by atoms with Gasteiger partial charge in [0.15, 0.2) is 0 Å². The highest BCUT2D eigenvalue weighted by molar-refractivity contribution is 5.85. The molecule has 4 heteroatoms. The second-order valence-corrected chi connectivity index (χ2v) is 5.80. The van der Waals surface area contributed by atoms with Crippen LogP contribution < -0.4 is 0 Å². The normalized spacial score (nSPS) is 19.7. The number of hydrogen-bond donors (Lipinski definition) is 1. The van der Waals surface area contributed by atoms with Gasteiger partial charge in [-0.3, -0.25) is 4.90 Å². The molecule has 1 aromatic heterocycles. The zero-order valence-corrected chi connectivity index (χ0v) is 11.0. The zero-order valence-electron chi connectivity index (χ0n) is 11.0. The molecular formula is C14H20N2O2. The van der Waals surface area contributed by atoms with Crippen LogP contribution in [-0.4, -0.2) is 34.0 Å². The van der Waals surface area contributed by atoms with E-state index in [2.05, 4.69) is 23.7 Å². The van der Waals surface area contributed by atoms with Gasteiger partial charge in [-0.05, 0) is 36.9 Å². The van der Waals surface area contributed by atoms with Crippen molar-refractivity contribution in [3.63, 3.8) is 0 Å². The van der Waals surface area contributed by atoms with Crippen LogP contribution >= 0.6 is 0 Å². The quantitative estimate of drug-likeness (QED) is 0.892. The van der Waals surface area contributed by atoms with E-state index >= 15 is 0 Å². The molecule has 0 saturated carbocycles. The fourth-order valence-corrected chi connectivity index (χ4v) is 2.60. The molecule has 2 heterocycles. The molecule has 1 fully saturated rings. The molecule has 1 N–H and O–H groups in total. The number of rotatable bonds is 3. The van der Waals surface area contributed by atoms with Crippen molar-refractivity contribution >= 4 is 5.97 Å². The summed E-state index contributed by atoms with van der Waals surface area (Å²) in [6.45, 7) is 7.42. The van der Waals surface area contributed by atoms with Crippen LogP contribution in [0.25, 0.3) is 0 Å². The molecule has 0 bridgehead atoms. The van der Waals surface area contributed by atoms with Gasteiger partial charge in [-0.1, -0.05) is 19.9 Å². The van der Waals surface area contributed by atoms with Crippen LogP contribution in [0.15, 0.2) is 18.2 Å². The molecule has 0 aromatic carbocycles. The molecule has 2 rings (SSSR count). The highest BCUT2D eigenvalue weighted by Crippen LogP contribution is 2.28. The minimum Gasteiger partial charge on any atom is -0.477 e. The monoisotopic (exact) mass is 248 g/mol. The summed E-state index contributed by atoms with van der Waals surface area (Å²) < 4.78 is 0. The van der Waals surface area contributed by atoms with Crippen LogP contribution in [0.5, 0.6) is 0 Å². The van der Waals surface area contributed by atoms with Crippen molar-refractivity contribution < 1.29 is 9.90 Å². The van der Waals surface area contributed by atoms with Crippen LogP contribution in [0.1, 0.15) is 42.9 Å². The fraction of sp³-hybridized carbons (Fsp3) is 0.571. The van der Waals surface area contributed by atoms with Gasteiger partial charge in [0.05, 0.1) is 5.69 Å². The van der Waals surface area contributed by atoms with E-state index in [0.717, 1.165) is 25.3 Å². The maximum absolute atomic E-state index is 10.9. The first-order valence-corrected chi connectivity index (χ1v) is 6.38. The minimum atomic E-state index is -0.962. The number of aromatic carboxylic acids is 1. The minimum absolute atomic E-state index is 0.128. The number of piperidine rings is 1. The lowest BCUT2D eigenvalue weighted by Crippen LogP contribution is -2.39. The Labute approximate surface area is 108 Å². The Morgan fingerprint density at radius 3 is 2.94 bits per heavy atom. The highest BCUT2D eigenvalue weighted by Gasteiger charge is 2.26. The van der Waals surface area contributed by atoms with Gasteiger partial charge >= 0.3 is 5.97 Å². The number of pyridine rings is 1. The van der Waals surface area contributed by atoms with Gasteiger partial charge < -0.3 is 5.11 Å². The number of carboxylic acids is 1. The van der Waals surface area contributed by atoms with Crippen LogP contribution in [0, 0.1) is 5.41 Å². The van der Waals surface area contributed by atoms with Crippen molar-refractivity contribution in [2.75, 3.05) is 13.1 Å². The molecule has 0 amide bonds. The number of carbonyl (C=O) groups is 1. The largest absolute Gasteiger partial charge is 0.477 e. The van der Waals surface area contributed by atoms with Gasteiger partial charge in [0.1, 0.15) is 5.69 Å². The van der Waals surface area contributed by atoms with Crippen LogP contribution in [0.3, 0.4) is 0 Å². The summed E-state index contributed by atoms with van der Waals surface area (Å²) in [6.07, 6.45) is 2.46. The van der Waals surface area contributed by atoms with E-state index in [1.54, 1.807) is 6.07 Å². The maximum Gasteiger partial charge on any atom is 0.354 e. The summed E-state index contributed by atoms with van der Waals surface area (Å²) in [5.74, 6) is -0.962. The first-order valence-electron chi connectivity index (χ1n) is 6.38. The van der Waals surface area contributed by atoms with Crippen molar-refractivity contribution in [3.05, 3.63) is 29.6 Å². The van der Waals surface area contributed by atoms with Crippen molar-refractivity contribution in [3.8, 4) is 0 Å². The average Bonchev–Trinajstić information content (AvgIpc) is 2.28. The van der Waals surface area contributed by atoms with Crippen molar-refractivity contribution in [2.45, 2.75) is 33.2 Å². The molecule has 1 aliphatic heterocycles. The third-order valence-electron chi connectivity index (χ3n) is 3.39. The molecular weight excluding hydrogens is 228 g/mol. The van der Waals surface area contributed by atoms with Crippen molar-refractivity contribution in [1.82, 2.24) is 9.88 Å². The third kappa shape index (κ3) is 3.29. The molecule has 0 radical (unpaired) electrons. The lowest BCUT2D eigenvalue weighted by Gasteiger charge is -2.37. The summed E-state index contributed by atoms with van der Waals surface area (Å²) in [5, 5.41) is 8.92. The number of aromatic nitrogens is 1. The molecule has 0 aliphatic carbocycles. The summed E-state index contributed by atoms with van der Waals surface area (Å²) in [7, 11) is 0. The molecule has 0 spiro atoms. The Morgan fingerprint density at radius 1 is 1.50 bits per heavy atom. The fourth-order valence-electron chi connectivity index (χ4n) is 2.60. The molecule has 98 valence electrons. The van der Waals surface area contributed by atoms with E-state index in [0.29, 0.717) is 5.41 Å². The number of nitrogens with zero attached hydrogens (tertiary/aromatic N) is 2. The van der Waals surface area contributed by atoms with E-state index in [-0.39, 0.29) is 5.69 Å². The van der Waals surface area contributed by atoms with Crippen molar-refractivity contribution in [1.29, 1.82) is 0 Å². The zero-order chi connectivity index (χ0) is 13.2. The predicted octanol–water partition coefficient (Wildman–Crippen LogP) is 2.40. The second-order valence-electron chi connectivity index (χ2n) is 5.80. The molecule has 1 aliphatic rings. The van der Waals surface area contributed by atoms with E-state index in [4.69, 9.17) is 5.11 Å². The Balaban J connectivity index is 2.05. The van der Waals surface area contributed by atoms with E-state index in [1.165, 1.54) is 18.9 Å². The van der Waals surface area contributed by atoms with Gasteiger partial charge in [-0.15, -0.1) is 0 Å². The molecule has 1 saturated heterocycles. The van der Waals surface area contributed by atoms with Gasteiger partial charge in [-0.25, -0.2) is 9.78 Å². The SMILES string of the molecule is CC1(C)CCCN(Cc2cccc(C(=O)O)n2)C1. The molecule has 4 nitrogen and oxygen atoms in total. The van der Waals surface area contributed by atoms with Crippen molar-refractivity contribution in [2.24, 2.45) is 5.41 Å². The van der Waals surface area contributed by atoms with Gasteiger partial charge in [0.2, 0.25) is 0 Å². The van der Waals surface area contributed by atoms with Crippen LogP contribution in [-0.2, 0) is 6.54 Å². The van der Waals surface area contributed by atoms with E-state index in [9.17, 15) is 4.79 Å². The number of carboxylic acid groups (broad SMARTS) is 1. The lowest BCUT2D eigenvalue weighted by atomic mass is 9.84. The van der Waals surface area contributed by atoms with Gasteiger partial charge in [0.25, 0.3) is 0 Å². The van der Waals surface area contributed by atoms with Gasteiger partial charge in [0, 0.05) is 13.1 Å². The Hall–Kier alpha value is -1.42. The standard InChI is InChI=1S/C14H20N2O2/c1-14(2)7-4-8-16(10-14)9-11-5-3-6-12(15-11)13(17)18/h3,5-6H,4,7-10H2,1-2H3,(H,17,18). The first-order chi connectivity index (χ1) is 8.46. The summed E-state index contributed by atoms with van der Waals surface area (Å²) in [4.78, 5) is 17.4. The smallest absolute Gasteiger partial charge is 0.354 e. The Kier molecular flexibility index (Phi) is 3.66. The van der Waals surface area contributed by atoms with E-state index < -0.39 is 5.97 Å². The molecule has 0 atom stereocenters. The topological polar surface area (TPSA) is 53.4 Å². The third-order valence-corrected chi connectivity index (χ3v) is 3.39. The maximum atomic E-state index is 10.9. The molecule has 0 unspecified atom stereocenters. The molecule has 18 heavy (non-hydrogen) atoms. The van der Waals surface area contributed by atoms with E-state index in [1.807, 2.05) is 6.07 Å². The van der Waals surface area contributed by atoms with Gasteiger partial charge in [-0.2, -0.15) is 0 Å². The Morgan fingerprint density at radius 2 is 2.28 bits per heavy atom. The average molecular weight is 248 g/mol. The van der Waals surface area contributed by atoms with Crippen LogP contribution in [0.4, 0.5) is 0 Å². The highest BCUT2D eigenvalue weighted by atomic mass is 16.4. The predicted molar refractivity (Wildman–Crippen MR) is 69.5 cm³/mol. The summed E-state index contributed by atoms with van der Waals surface area (Å²) in [6, 6.07) is 5.20. The summed E-state index contributed by atoms with van der Waals surface area (Å²) in [5.41, 5.74) is 1.32. The van der Waals surface area contributed by atoms with Crippen LogP contribution in [0.2, 0.25) is 0 Å². The molecule has 1 aromatic rings. The Bertz CT molecular complexity index is 443. The number of likely N-dealkylation sites (tertiary alicyclic amines) is 1. The lowest BCUT2D eigenvalue weighted by molar-refractivity contribution is 0.0689. The summed E-state index contributed by atoms with van der Waals surface area (Å²) >= 11 is 0. The first kappa shape index (κ1) is 13.0.